The maximum atomic E-state index is 11.1. The van der Waals surface area contributed by atoms with Crippen LogP contribution in [0.3, 0.4) is 0 Å². The molecule has 4 N–H and O–H groups in total. The lowest BCUT2D eigenvalue weighted by Crippen LogP contribution is -2.32. The van der Waals surface area contributed by atoms with Crippen LogP contribution in [0.2, 0.25) is 0 Å². The average molecular weight is 359 g/mol. The maximum Gasteiger partial charge on any atom is 0.335 e. The van der Waals surface area contributed by atoms with E-state index in [1.54, 1.807) is 6.92 Å². The van der Waals surface area contributed by atoms with Gasteiger partial charge in [0.25, 0.3) is 0 Å². The van der Waals surface area contributed by atoms with Crippen molar-refractivity contribution in [2.24, 2.45) is 5.73 Å². The number of hydrogen-bond donors (Lipinski definition) is 3. The van der Waals surface area contributed by atoms with E-state index in [0.717, 1.165) is 11.1 Å². The van der Waals surface area contributed by atoms with Crippen LogP contribution >= 0.6 is 0 Å². The molecule has 0 aliphatic rings. The van der Waals surface area contributed by atoms with Crippen LogP contribution in [-0.4, -0.2) is 40.9 Å². The Labute approximate surface area is 153 Å². The molecule has 0 aromatic heterocycles. The molecule has 0 amide bonds. The first-order valence-corrected chi connectivity index (χ1v) is 8.35. The molecule has 6 heteroatoms. The van der Waals surface area contributed by atoms with Gasteiger partial charge in [-0.05, 0) is 24.5 Å². The van der Waals surface area contributed by atoms with Crippen molar-refractivity contribution in [2.75, 3.05) is 6.61 Å². The van der Waals surface area contributed by atoms with Crippen molar-refractivity contribution in [3.8, 4) is 0 Å². The number of esters is 1. The maximum absolute atomic E-state index is 11.1. The Morgan fingerprint density at radius 3 is 1.85 bits per heavy atom. The van der Waals surface area contributed by atoms with Crippen LogP contribution in [0.15, 0.2) is 60.7 Å². The number of nitrogens with two attached hydrogens (primary N) is 1. The molecule has 0 bridgehead atoms. The van der Waals surface area contributed by atoms with E-state index in [9.17, 15) is 14.7 Å². The third-order valence-corrected chi connectivity index (χ3v) is 3.45. The molecule has 2 aromatic carbocycles. The van der Waals surface area contributed by atoms with E-state index >= 15 is 0 Å². The zero-order valence-electron chi connectivity index (χ0n) is 14.7. The highest BCUT2D eigenvalue weighted by Crippen LogP contribution is 2.04. The minimum absolute atomic E-state index is 0.296. The van der Waals surface area contributed by atoms with Gasteiger partial charge in [0, 0.05) is 6.42 Å². The molecule has 0 spiro atoms. The predicted octanol–water partition coefficient (Wildman–Crippen LogP) is 1.79. The number of aliphatic hydroxyl groups is 1. The number of carboxylic acids is 1. The van der Waals surface area contributed by atoms with Crippen molar-refractivity contribution in [3.05, 3.63) is 71.8 Å². The third kappa shape index (κ3) is 8.41. The Hall–Kier alpha value is -2.70. The SMILES string of the molecule is CCOC(=O)[C@@H](O)Cc1ccccc1.N[C@@H](Cc1ccccc1)C(=O)O. The molecule has 2 aromatic rings. The fourth-order valence-electron chi connectivity index (χ4n) is 2.11. The topological polar surface area (TPSA) is 110 Å². The molecule has 0 aliphatic carbocycles. The number of benzene rings is 2. The lowest BCUT2D eigenvalue weighted by atomic mass is 10.1. The summed E-state index contributed by atoms with van der Waals surface area (Å²) in [5.41, 5.74) is 7.22. The zero-order chi connectivity index (χ0) is 19.4. The largest absolute Gasteiger partial charge is 0.480 e. The van der Waals surface area contributed by atoms with Gasteiger partial charge >= 0.3 is 11.9 Å². The lowest BCUT2D eigenvalue weighted by Gasteiger charge is -2.08. The second kappa shape index (κ2) is 11.8. The van der Waals surface area contributed by atoms with E-state index in [-0.39, 0.29) is 0 Å². The smallest absolute Gasteiger partial charge is 0.335 e. The first-order chi connectivity index (χ1) is 12.4. The highest BCUT2D eigenvalue weighted by molar-refractivity contribution is 5.74. The fourth-order valence-corrected chi connectivity index (χ4v) is 2.11. The van der Waals surface area contributed by atoms with Gasteiger partial charge in [-0.3, -0.25) is 4.79 Å². The highest BCUT2D eigenvalue weighted by Gasteiger charge is 2.16. The minimum atomic E-state index is -1.06. The van der Waals surface area contributed by atoms with Gasteiger partial charge < -0.3 is 20.7 Å². The Morgan fingerprint density at radius 1 is 0.962 bits per heavy atom. The summed E-state index contributed by atoms with van der Waals surface area (Å²) < 4.78 is 4.69. The molecule has 0 saturated carbocycles. The minimum Gasteiger partial charge on any atom is -0.480 e. The first kappa shape index (κ1) is 21.3. The number of carbonyl (C=O) groups excluding carboxylic acids is 1. The second-order valence-corrected chi connectivity index (χ2v) is 5.59. The molecule has 6 nitrogen and oxygen atoms in total. The highest BCUT2D eigenvalue weighted by atomic mass is 16.5. The van der Waals surface area contributed by atoms with Crippen molar-refractivity contribution >= 4 is 11.9 Å². The molecule has 2 atom stereocenters. The van der Waals surface area contributed by atoms with Crippen LogP contribution in [0.1, 0.15) is 18.1 Å². The van der Waals surface area contributed by atoms with Crippen molar-refractivity contribution in [2.45, 2.75) is 31.9 Å². The van der Waals surface area contributed by atoms with E-state index in [1.807, 2.05) is 60.7 Å². The molecule has 0 aliphatic heterocycles. The summed E-state index contributed by atoms with van der Waals surface area (Å²) in [4.78, 5) is 21.5. The van der Waals surface area contributed by atoms with E-state index in [1.165, 1.54) is 0 Å². The third-order valence-electron chi connectivity index (χ3n) is 3.45. The van der Waals surface area contributed by atoms with Gasteiger partial charge in [0.15, 0.2) is 6.10 Å². The number of rotatable bonds is 7. The van der Waals surface area contributed by atoms with E-state index in [2.05, 4.69) is 4.74 Å². The summed E-state index contributed by atoms with van der Waals surface area (Å²) in [7, 11) is 0. The Kier molecular flexibility index (Phi) is 9.67. The predicted molar refractivity (Wildman–Crippen MR) is 98.5 cm³/mol. The summed E-state index contributed by atoms with van der Waals surface area (Å²) in [6.07, 6.45) is -0.368. The Bertz CT molecular complexity index is 660. The summed E-state index contributed by atoms with van der Waals surface area (Å²) in [6, 6.07) is 17.9. The van der Waals surface area contributed by atoms with E-state index in [4.69, 9.17) is 10.8 Å². The fraction of sp³-hybridized carbons (Fsp3) is 0.300. The number of carboxylic acid groups (broad SMARTS) is 1. The van der Waals surface area contributed by atoms with Gasteiger partial charge in [0.2, 0.25) is 0 Å². The van der Waals surface area contributed by atoms with Crippen LogP contribution in [0, 0.1) is 0 Å². The number of ether oxygens (including phenoxy) is 1. The van der Waals surface area contributed by atoms with Crippen LogP contribution < -0.4 is 5.73 Å². The summed E-state index contributed by atoms with van der Waals surface area (Å²) in [5.74, 6) is -1.52. The van der Waals surface area contributed by atoms with Gasteiger partial charge in [0.1, 0.15) is 6.04 Å². The normalized spacial score (nSPS) is 12.3. The second-order valence-electron chi connectivity index (χ2n) is 5.59. The van der Waals surface area contributed by atoms with Crippen molar-refractivity contribution in [1.29, 1.82) is 0 Å². The van der Waals surface area contributed by atoms with E-state index in [0.29, 0.717) is 19.4 Å². The van der Waals surface area contributed by atoms with Gasteiger partial charge in [-0.25, -0.2) is 4.79 Å². The van der Waals surface area contributed by atoms with Crippen molar-refractivity contribution in [3.63, 3.8) is 0 Å². The van der Waals surface area contributed by atoms with Crippen LogP contribution in [-0.2, 0) is 27.2 Å². The number of carbonyl (C=O) groups is 2. The molecule has 2 rings (SSSR count). The monoisotopic (exact) mass is 359 g/mol. The molecule has 0 heterocycles. The van der Waals surface area contributed by atoms with Crippen LogP contribution in [0.25, 0.3) is 0 Å². The summed E-state index contributed by atoms with van der Waals surface area (Å²) in [6.45, 7) is 2.01. The number of aliphatic carboxylic acids is 1. The Balaban J connectivity index is 0.000000263. The van der Waals surface area contributed by atoms with Crippen molar-refractivity contribution < 1.29 is 24.5 Å². The first-order valence-electron chi connectivity index (χ1n) is 8.35. The molecule has 0 unspecified atom stereocenters. The molecule has 0 fully saturated rings. The molecule has 26 heavy (non-hydrogen) atoms. The average Bonchev–Trinajstić information content (AvgIpc) is 2.64. The van der Waals surface area contributed by atoms with Crippen LogP contribution in [0.5, 0.6) is 0 Å². The van der Waals surface area contributed by atoms with Crippen molar-refractivity contribution in [1.82, 2.24) is 0 Å². The Morgan fingerprint density at radius 2 is 1.42 bits per heavy atom. The van der Waals surface area contributed by atoms with Gasteiger partial charge in [0.05, 0.1) is 6.61 Å². The molecule has 0 radical (unpaired) electrons. The van der Waals surface area contributed by atoms with Crippen LogP contribution in [0.4, 0.5) is 0 Å². The summed E-state index contributed by atoms with van der Waals surface area (Å²) >= 11 is 0. The van der Waals surface area contributed by atoms with Gasteiger partial charge in [-0.15, -0.1) is 0 Å². The quantitative estimate of drug-likeness (QED) is 0.650. The molecule has 140 valence electrons. The molecular formula is C20H25NO5. The standard InChI is InChI=1S/C11H14O3.C9H11NO2/c1-2-14-11(13)10(12)8-9-6-4-3-5-7-9;10-8(9(11)12)6-7-4-2-1-3-5-7/h3-7,10,12H,2,8H2,1H3;1-5,8H,6,10H2,(H,11,12)/t10-;8-/m00/s1. The number of hydrogen-bond acceptors (Lipinski definition) is 5. The molecular weight excluding hydrogens is 334 g/mol. The zero-order valence-corrected chi connectivity index (χ0v) is 14.7. The van der Waals surface area contributed by atoms with Gasteiger partial charge in [-0.1, -0.05) is 60.7 Å². The molecule has 0 saturated heterocycles. The van der Waals surface area contributed by atoms with Gasteiger partial charge in [-0.2, -0.15) is 0 Å². The lowest BCUT2D eigenvalue weighted by molar-refractivity contribution is -0.152. The van der Waals surface area contributed by atoms with E-state index < -0.39 is 24.1 Å². The number of aliphatic hydroxyl groups excluding tert-OH is 1. The summed E-state index contributed by atoms with van der Waals surface area (Å²) in [5, 5.41) is 17.9.